The second-order valence-corrected chi connectivity index (χ2v) is 7.30. The third-order valence-corrected chi connectivity index (χ3v) is 5.00. The first-order chi connectivity index (χ1) is 16.1. The molecule has 0 aromatic carbocycles. The number of rotatable bonds is 6. The van der Waals surface area contributed by atoms with Gasteiger partial charge in [-0.3, -0.25) is 24.9 Å². The summed E-state index contributed by atoms with van der Waals surface area (Å²) >= 11 is 0. The number of nitrogens with zero attached hydrogens (tertiary/aromatic N) is 6. The zero-order chi connectivity index (χ0) is 23.2. The number of hydrogen-bond acceptors (Lipinski definition) is 6. The predicted molar refractivity (Wildman–Crippen MR) is 127 cm³/mol. The van der Waals surface area contributed by atoms with Gasteiger partial charge in [0.25, 0.3) is 0 Å². The third kappa shape index (κ3) is 4.86. The Labute approximate surface area is 190 Å². The van der Waals surface area contributed by atoms with Crippen molar-refractivity contribution in [1.29, 1.82) is 5.26 Å². The lowest BCUT2D eigenvalue weighted by Crippen LogP contribution is -1.97. The van der Waals surface area contributed by atoms with Crippen molar-refractivity contribution in [2.24, 2.45) is 4.99 Å². The molecule has 0 aliphatic rings. The SMILES string of the molecule is C=N/C=C\C(=C(\F)Cc1cnc(-c2ccnc(C)c2)c(C#N)c1)c1cc2cccnc2cn1. The third-order valence-electron chi connectivity index (χ3n) is 5.00. The van der Waals surface area contributed by atoms with E-state index in [2.05, 4.69) is 37.7 Å². The van der Waals surface area contributed by atoms with E-state index in [1.54, 1.807) is 43.0 Å². The normalized spacial score (nSPS) is 11.9. The van der Waals surface area contributed by atoms with Crippen LogP contribution in [0.25, 0.3) is 27.7 Å². The number of aromatic nitrogens is 4. The Morgan fingerprint density at radius 2 is 2.00 bits per heavy atom. The highest BCUT2D eigenvalue weighted by molar-refractivity contribution is 5.83. The van der Waals surface area contributed by atoms with E-state index < -0.39 is 5.83 Å². The average Bonchev–Trinajstić information content (AvgIpc) is 2.84. The van der Waals surface area contributed by atoms with Gasteiger partial charge in [-0.05, 0) is 55.6 Å². The summed E-state index contributed by atoms with van der Waals surface area (Å²) < 4.78 is 15.5. The highest BCUT2D eigenvalue weighted by Crippen LogP contribution is 2.27. The van der Waals surface area contributed by atoms with Gasteiger partial charge in [-0.15, -0.1) is 0 Å². The zero-order valence-corrected chi connectivity index (χ0v) is 17.9. The number of hydrogen-bond donors (Lipinski definition) is 0. The largest absolute Gasteiger partial charge is 0.272 e. The molecule has 4 aromatic rings. The molecule has 7 heteroatoms. The fraction of sp³-hybridized carbons (Fsp3) is 0.0769. The lowest BCUT2D eigenvalue weighted by Gasteiger charge is -2.09. The van der Waals surface area contributed by atoms with Crippen molar-refractivity contribution in [1.82, 2.24) is 19.9 Å². The Bertz CT molecular complexity index is 1450. The lowest BCUT2D eigenvalue weighted by molar-refractivity contribution is 0.616. The topological polar surface area (TPSA) is 87.7 Å². The number of pyridine rings is 4. The minimum atomic E-state index is -0.427. The summed E-state index contributed by atoms with van der Waals surface area (Å²) in [6.07, 6.45) is 9.42. The van der Waals surface area contributed by atoms with Gasteiger partial charge in [-0.1, -0.05) is 6.07 Å². The molecule has 0 aliphatic carbocycles. The molecule has 0 aliphatic heterocycles. The Balaban J connectivity index is 1.72. The van der Waals surface area contributed by atoms with Crippen LogP contribution in [0, 0.1) is 18.3 Å². The molecule has 33 heavy (non-hydrogen) atoms. The molecule has 4 rings (SSSR count). The Hall–Kier alpha value is -4.57. The molecule has 0 N–H and O–H groups in total. The van der Waals surface area contributed by atoms with Crippen LogP contribution in [0.5, 0.6) is 0 Å². The van der Waals surface area contributed by atoms with Crippen molar-refractivity contribution in [2.75, 3.05) is 0 Å². The van der Waals surface area contributed by atoms with Gasteiger partial charge in [0, 0.05) is 53.4 Å². The molecule has 0 unspecified atom stereocenters. The fourth-order valence-electron chi connectivity index (χ4n) is 3.45. The van der Waals surface area contributed by atoms with Gasteiger partial charge in [0.1, 0.15) is 11.9 Å². The van der Waals surface area contributed by atoms with Crippen molar-refractivity contribution in [3.05, 3.63) is 102 Å². The van der Waals surface area contributed by atoms with E-state index in [-0.39, 0.29) is 12.0 Å². The molecule has 0 fully saturated rings. The van der Waals surface area contributed by atoms with Gasteiger partial charge in [0.15, 0.2) is 0 Å². The molecule has 0 bridgehead atoms. The van der Waals surface area contributed by atoms with Gasteiger partial charge in [0.05, 0.1) is 28.7 Å². The summed E-state index contributed by atoms with van der Waals surface area (Å²) in [7, 11) is 0. The fourth-order valence-corrected chi connectivity index (χ4v) is 3.45. The van der Waals surface area contributed by atoms with Crippen LogP contribution in [0.2, 0.25) is 0 Å². The molecule has 0 amide bonds. The Kier molecular flexibility index (Phi) is 6.37. The monoisotopic (exact) mass is 434 g/mol. The van der Waals surface area contributed by atoms with Gasteiger partial charge in [-0.25, -0.2) is 4.39 Å². The van der Waals surface area contributed by atoms with E-state index in [9.17, 15) is 5.26 Å². The molecular weight excluding hydrogens is 415 g/mol. The van der Waals surface area contributed by atoms with E-state index in [1.807, 2.05) is 25.1 Å². The smallest absolute Gasteiger partial charge is 0.114 e. The van der Waals surface area contributed by atoms with Crippen LogP contribution in [-0.2, 0) is 6.42 Å². The van der Waals surface area contributed by atoms with Crippen molar-refractivity contribution in [3.8, 4) is 17.3 Å². The van der Waals surface area contributed by atoms with E-state index in [4.69, 9.17) is 0 Å². The summed E-state index contributed by atoms with van der Waals surface area (Å²) in [5, 5.41) is 10.5. The van der Waals surface area contributed by atoms with Crippen LogP contribution in [0.4, 0.5) is 4.39 Å². The first-order valence-electron chi connectivity index (χ1n) is 10.1. The van der Waals surface area contributed by atoms with Crippen LogP contribution in [0.3, 0.4) is 0 Å². The van der Waals surface area contributed by atoms with Crippen LogP contribution in [0.1, 0.15) is 22.5 Å². The molecule has 0 radical (unpaired) electrons. The number of aryl methyl sites for hydroxylation is 1. The van der Waals surface area contributed by atoms with Crippen molar-refractivity contribution in [2.45, 2.75) is 13.3 Å². The Morgan fingerprint density at radius 1 is 1.12 bits per heavy atom. The minimum Gasteiger partial charge on any atom is -0.272 e. The van der Waals surface area contributed by atoms with Gasteiger partial charge < -0.3 is 0 Å². The quantitative estimate of drug-likeness (QED) is 0.299. The molecule has 0 atom stereocenters. The van der Waals surface area contributed by atoms with Gasteiger partial charge in [0.2, 0.25) is 0 Å². The molecule has 0 spiro atoms. The highest BCUT2D eigenvalue weighted by atomic mass is 19.1. The average molecular weight is 434 g/mol. The minimum absolute atomic E-state index is 0.0547. The summed E-state index contributed by atoms with van der Waals surface area (Å²) in [5.41, 5.74) is 4.53. The summed E-state index contributed by atoms with van der Waals surface area (Å²) in [5.74, 6) is -0.427. The second-order valence-electron chi connectivity index (χ2n) is 7.30. The lowest BCUT2D eigenvalue weighted by atomic mass is 10.0. The first-order valence-corrected chi connectivity index (χ1v) is 10.1. The summed E-state index contributed by atoms with van der Waals surface area (Å²) in [6, 6.07) is 12.9. The maximum absolute atomic E-state index is 15.5. The number of halogens is 1. The highest BCUT2D eigenvalue weighted by Gasteiger charge is 2.13. The zero-order valence-electron chi connectivity index (χ0n) is 17.9. The number of allylic oxidation sites excluding steroid dienone is 3. The van der Waals surface area contributed by atoms with Crippen LogP contribution in [-0.4, -0.2) is 26.7 Å². The van der Waals surface area contributed by atoms with Crippen molar-refractivity contribution in [3.63, 3.8) is 0 Å². The second kappa shape index (κ2) is 9.71. The van der Waals surface area contributed by atoms with Gasteiger partial charge >= 0.3 is 0 Å². The molecule has 4 heterocycles. The first kappa shape index (κ1) is 21.7. The van der Waals surface area contributed by atoms with E-state index >= 15 is 4.39 Å². The maximum atomic E-state index is 15.5. The molecule has 0 saturated heterocycles. The van der Waals surface area contributed by atoms with Gasteiger partial charge in [-0.2, -0.15) is 5.26 Å². The number of aliphatic imine (C=N–C) groups is 1. The van der Waals surface area contributed by atoms with E-state index in [1.165, 1.54) is 12.3 Å². The predicted octanol–water partition coefficient (Wildman–Crippen LogP) is 5.40. The molecule has 0 saturated carbocycles. The summed E-state index contributed by atoms with van der Waals surface area (Å²) in [6.45, 7) is 5.29. The van der Waals surface area contributed by atoms with E-state index in [0.29, 0.717) is 22.5 Å². The van der Waals surface area contributed by atoms with E-state index in [0.717, 1.165) is 22.2 Å². The molecule has 6 nitrogen and oxygen atoms in total. The molecule has 160 valence electrons. The van der Waals surface area contributed by atoms with Crippen LogP contribution in [0.15, 0.2) is 84.3 Å². The molecule has 4 aromatic heterocycles. The number of fused-ring (bicyclic) bond motifs is 1. The maximum Gasteiger partial charge on any atom is 0.114 e. The summed E-state index contributed by atoms with van der Waals surface area (Å²) in [4.78, 5) is 20.9. The number of nitriles is 1. The van der Waals surface area contributed by atoms with Crippen LogP contribution >= 0.6 is 0 Å². The van der Waals surface area contributed by atoms with Crippen molar-refractivity contribution >= 4 is 23.2 Å². The molecular formula is C26H19FN6. The standard InChI is InChI=1S/C26H19FN6/c1-17-10-20(5-9-30-17)26-21(14-28)11-18(15-33-26)12-23(27)22(6-8-29-2)24-13-19-4-3-7-31-25(19)16-32-24/h3-11,13,15-16H,2,12H2,1H3/b8-6-,23-22-. The van der Waals surface area contributed by atoms with Crippen molar-refractivity contribution < 1.29 is 4.39 Å². The Morgan fingerprint density at radius 3 is 2.79 bits per heavy atom. The van der Waals surface area contributed by atoms with Crippen LogP contribution < -0.4 is 0 Å².